The van der Waals surface area contributed by atoms with E-state index in [1.807, 2.05) is 79.9 Å². The van der Waals surface area contributed by atoms with Crippen molar-refractivity contribution in [2.45, 2.75) is 45.6 Å². The minimum Gasteiger partial charge on any atom is -0.444 e. The van der Waals surface area contributed by atoms with Gasteiger partial charge in [-0.3, -0.25) is 0 Å². The van der Waals surface area contributed by atoms with Crippen LogP contribution in [0.2, 0.25) is 10.0 Å². The van der Waals surface area contributed by atoms with E-state index in [-0.39, 0.29) is 6.09 Å². The van der Waals surface area contributed by atoms with Gasteiger partial charge in [-0.1, -0.05) is 53.5 Å². The summed E-state index contributed by atoms with van der Waals surface area (Å²) in [7, 11) is 0. The van der Waals surface area contributed by atoms with Crippen LogP contribution in [0.1, 0.15) is 39.4 Å². The molecule has 0 N–H and O–H groups in total. The molecule has 5 rings (SSSR count). The van der Waals surface area contributed by atoms with Crippen molar-refractivity contribution in [2.24, 2.45) is 5.92 Å². The number of likely N-dealkylation sites (tertiary alicyclic amines) is 1. The molecule has 1 saturated heterocycles. The Bertz CT molecular complexity index is 1420. The zero-order valence-electron chi connectivity index (χ0n) is 21.1. The predicted molar refractivity (Wildman–Crippen MR) is 146 cm³/mol. The van der Waals surface area contributed by atoms with Crippen LogP contribution >= 0.6 is 23.2 Å². The van der Waals surface area contributed by atoms with Crippen LogP contribution in [0.5, 0.6) is 0 Å². The lowest BCUT2D eigenvalue weighted by atomic mass is 9.93. The minimum absolute atomic E-state index is 0.250. The summed E-state index contributed by atoms with van der Waals surface area (Å²) >= 11 is 12.7. The Morgan fingerprint density at radius 3 is 2.38 bits per heavy atom. The van der Waals surface area contributed by atoms with Crippen molar-refractivity contribution in [3.05, 3.63) is 70.5 Å². The molecular formula is C28H29Cl2N5O2. The Balaban J connectivity index is 1.43. The lowest BCUT2D eigenvalue weighted by Crippen LogP contribution is -2.42. The molecule has 192 valence electrons. The number of piperidine rings is 1. The van der Waals surface area contributed by atoms with Gasteiger partial charge in [-0.2, -0.15) is 9.61 Å². The first-order valence-electron chi connectivity index (χ1n) is 12.4. The molecule has 4 aromatic rings. The highest BCUT2D eigenvalue weighted by atomic mass is 35.5. The number of amides is 1. The van der Waals surface area contributed by atoms with Crippen LogP contribution in [0.4, 0.5) is 4.79 Å². The second kappa shape index (κ2) is 10.3. The second-order valence-electron chi connectivity index (χ2n) is 10.4. The number of benzene rings is 2. The van der Waals surface area contributed by atoms with Crippen molar-refractivity contribution in [3.63, 3.8) is 0 Å². The maximum atomic E-state index is 12.4. The van der Waals surface area contributed by atoms with Gasteiger partial charge in [-0.05, 0) is 69.4 Å². The average molecular weight is 538 g/mol. The Labute approximate surface area is 226 Å². The van der Waals surface area contributed by atoms with E-state index in [2.05, 4.69) is 10.2 Å². The van der Waals surface area contributed by atoms with Gasteiger partial charge in [-0.15, -0.1) is 10.2 Å². The minimum atomic E-state index is -0.496. The van der Waals surface area contributed by atoms with Gasteiger partial charge in [0.05, 0.1) is 5.02 Å². The van der Waals surface area contributed by atoms with Gasteiger partial charge in [0.1, 0.15) is 11.3 Å². The molecule has 1 aliphatic rings. The molecule has 0 unspecified atom stereocenters. The summed E-state index contributed by atoms with van der Waals surface area (Å²) in [4.78, 5) is 14.2. The van der Waals surface area contributed by atoms with Crippen LogP contribution < -0.4 is 0 Å². The Morgan fingerprint density at radius 2 is 1.70 bits per heavy atom. The molecule has 1 aliphatic heterocycles. The van der Waals surface area contributed by atoms with Crippen molar-refractivity contribution in [2.75, 3.05) is 13.1 Å². The van der Waals surface area contributed by atoms with E-state index < -0.39 is 5.60 Å². The molecule has 0 atom stereocenters. The highest BCUT2D eigenvalue weighted by Gasteiger charge is 2.28. The highest BCUT2D eigenvalue weighted by molar-refractivity contribution is 6.33. The summed E-state index contributed by atoms with van der Waals surface area (Å²) in [5.74, 6) is 1.16. The standard InChI is InChI=1S/C28H29Cl2N5O2/c1-28(2,3)37-27(36)34-14-12-18(13-15-34)16-24-31-32-25-17-22(19-8-10-20(29)11-9-19)26(33-35(24)25)21-6-4-5-7-23(21)30/h4-11,17-18H,12-16H2,1-3H3. The van der Waals surface area contributed by atoms with Crippen molar-refractivity contribution in [1.82, 2.24) is 24.7 Å². The third kappa shape index (κ3) is 5.73. The van der Waals surface area contributed by atoms with Gasteiger partial charge in [0, 0.05) is 35.7 Å². The van der Waals surface area contributed by atoms with E-state index in [4.69, 9.17) is 33.0 Å². The maximum absolute atomic E-state index is 12.4. The number of fused-ring (bicyclic) bond motifs is 1. The normalized spacial score (nSPS) is 14.8. The van der Waals surface area contributed by atoms with Crippen molar-refractivity contribution >= 4 is 34.9 Å². The summed E-state index contributed by atoms with van der Waals surface area (Å²) in [6.45, 7) is 6.98. The average Bonchev–Trinajstić information content (AvgIpc) is 3.25. The molecule has 0 aliphatic carbocycles. The smallest absolute Gasteiger partial charge is 0.410 e. The third-order valence-electron chi connectivity index (χ3n) is 6.48. The molecule has 1 fully saturated rings. The van der Waals surface area contributed by atoms with E-state index in [0.29, 0.717) is 34.7 Å². The highest BCUT2D eigenvalue weighted by Crippen LogP contribution is 2.35. The largest absolute Gasteiger partial charge is 0.444 e. The quantitative estimate of drug-likeness (QED) is 0.281. The summed E-state index contributed by atoms with van der Waals surface area (Å²) in [5, 5.41) is 15.2. The molecule has 9 heteroatoms. The lowest BCUT2D eigenvalue weighted by molar-refractivity contribution is 0.0183. The molecule has 3 heterocycles. The van der Waals surface area contributed by atoms with Crippen LogP contribution in [0.3, 0.4) is 0 Å². The Morgan fingerprint density at radius 1 is 1.00 bits per heavy atom. The van der Waals surface area contributed by atoms with Gasteiger partial charge in [0.2, 0.25) is 0 Å². The first kappa shape index (κ1) is 25.5. The molecule has 0 bridgehead atoms. The number of rotatable bonds is 4. The zero-order chi connectivity index (χ0) is 26.2. The molecule has 2 aromatic heterocycles. The van der Waals surface area contributed by atoms with Crippen LogP contribution in [0.25, 0.3) is 28.0 Å². The Hall–Kier alpha value is -3.16. The topological polar surface area (TPSA) is 72.6 Å². The number of hydrogen-bond donors (Lipinski definition) is 0. The number of ether oxygens (including phenoxy) is 1. The molecule has 0 saturated carbocycles. The van der Waals surface area contributed by atoms with E-state index in [1.165, 1.54) is 0 Å². The van der Waals surface area contributed by atoms with Gasteiger partial charge in [0.15, 0.2) is 11.5 Å². The SMILES string of the molecule is CC(C)(C)OC(=O)N1CCC(Cc2nnc3cc(-c4ccc(Cl)cc4)c(-c4ccccc4Cl)nn23)CC1. The molecule has 0 spiro atoms. The number of aromatic nitrogens is 4. The van der Waals surface area contributed by atoms with Crippen LogP contribution in [0.15, 0.2) is 54.6 Å². The second-order valence-corrected chi connectivity index (χ2v) is 11.2. The number of carbonyl (C=O) groups excluding carboxylic acids is 1. The molecule has 0 radical (unpaired) electrons. The van der Waals surface area contributed by atoms with Gasteiger partial charge in [0.25, 0.3) is 0 Å². The van der Waals surface area contributed by atoms with Crippen LogP contribution in [-0.4, -0.2) is 49.5 Å². The monoisotopic (exact) mass is 537 g/mol. The lowest BCUT2D eigenvalue weighted by Gasteiger charge is -2.33. The summed E-state index contributed by atoms with van der Waals surface area (Å²) in [6, 6.07) is 17.3. The fourth-order valence-electron chi connectivity index (χ4n) is 4.61. The zero-order valence-corrected chi connectivity index (χ0v) is 22.6. The molecule has 7 nitrogen and oxygen atoms in total. The fraction of sp³-hybridized carbons (Fsp3) is 0.357. The third-order valence-corrected chi connectivity index (χ3v) is 7.06. The maximum Gasteiger partial charge on any atom is 0.410 e. The van der Waals surface area contributed by atoms with E-state index in [1.54, 1.807) is 4.90 Å². The Kier molecular flexibility index (Phi) is 7.10. The van der Waals surface area contributed by atoms with Gasteiger partial charge >= 0.3 is 6.09 Å². The van der Waals surface area contributed by atoms with Crippen molar-refractivity contribution in [1.29, 1.82) is 0 Å². The fourth-order valence-corrected chi connectivity index (χ4v) is 4.96. The predicted octanol–water partition coefficient (Wildman–Crippen LogP) is 6.95. The van der Waals surface area contributed by atoms with Crippen LogP contribution in [0, 0.1) is 5.92 Å². The van der Waals surface area contributed by atoms with E-state index in [0.717, 1.165) is 47.5 Å². The molecule has 2 aromatic carbocycles. The van der Waals surface area contributed by atoms with E-state index >= 15 is 0 Å². The number of hydrogen-bond acceptors (Lipinski definition) is 5. The summed E-state index contributed by atoms with van der Waals surface area (Å²) in [5.41, 5.74) is 3.63. The molecule has 37 heavy (non-hydrogen) atoms. The van der Waals surface area contributed by atoms with Crippen LogP contribution in [-0.2, 0) is 11.2 Å². The summed E-state index contributed by atoms with van der Waals surface area (Å²) < 4.78 is 7.35. The summed E-state index contributed by atoms with van der Waals surface area (Å²) in [6.07, 6.45) is 2.21. The first-order valence-corrected chi connectivity index (χ1v) is 13.2. The number of halogens is 2. The van der Waals surface area contributed by atoms with E-state index in [9.17, 15) is 4.79 Å². The number of nitrogens with zero attached hydrogens (tertiary/aromatic N) is 5. The van der Waals surface area contributed by atoms with Gasteiger partial charge < -0.3 is 9.64 Å². The first-order chi connectivity index (χ1) is 17.7. The van der Waals surface area contributed by atoms with Crippen molar-refractivity contribution < 1.29 is 9.53 Å². The van der Waals surface area contributed by atoms with Crippen molar-refractivity contribution in [3.8, 4) is 22.4 Å². The number of carbonyl (C=O) groups is 1. The molecule has 1 amide bonds. The van der Waals surface area contributed by atoms with Gasteiger partial charge in [-0.25, -0.2) is 4.79 Å². The molecular weight excluding hydrogens is 509 g/mol.